The van der Waals surface area contributed by atoms with Gasteiger partial charge in [-0.1, -0.05) is 25.1 Å². The molecule has 0 spiro atoms. The SMILES string of the molecule is CCCN1CCC(NC(=O)CCc2c(-c3ccc(OC)cc3)[nH]c3ccccc23)CC1. The molecule has 2 heterocycles. The number of rotatable bonds is 8. The van der Waals surface area contributed by atoms with Gasteiger partial charge in [-0.2, -0.15) is 0 Å². The Morgan fingerprint density at radius 2 is 1.87 bits per heavy atom. The number of carbonyl (C=O) groups excluding carboxylic acids is 1. The molecule has 4 rings (SSSR count). The van der Waals surface area contributed by atoms with E-state index in [9.17, 15) is 4.79 Å². The summed E-state index contributed by atoms with van der Waals surface area (Å²) in [6.45, 7) is 5.56. The van der Waals surface area contributed by atoms with E-state index in [-0.39, 0.29) is 5.91 Å². The zero-order valence-electron chi connectivity index (χ0n) is 18.6. The monoisotopic (exact) mass is 419 g/mol. The number of amides is 1. The van der Waals surface area contributed by atoms with E-state index in [0.29, 0.717) is 18.9 Å². The summed E-state index contributed by atoms with van der Waals surface area (Å²) in [7, 11) is 1.68. The first kappa shape index (κ1) is 21.4. The lowest BCUT2D eigenvalue weighted by Gasteiger charge is -2.32. The van der Waals surface area contributed by atoms with Crippen molar-refractivity contribution in [3.05, 3.63) is 54.1 Å². The number of hydrogen-bond donors (Lipinski definition) is 2. The van der Waals surface area contributed by atoms with E-state index < -0.39 is 0 Å². The van der Waals surface area contributed by atoms with Crippen LogP contribution in [0.1, 0.15) is 38.2 Å². The number of likely N-dealkylation sites (tertiary alicyclic amines) is 1. The zero-order chi connectivity index (χ0) is 21.6. The van der Waals surface area contributed by atoms with Crippen LogP contribution in [0.2, 0.25) is 0 Å². The number of nitrogens with zero attached hydrogens (tertiary/aromatic N) is 1. The van der Waals surface area contributed by atoms with E-state index in [1.165, 1.54) is 17.4 Å². The molecule has 164 valence electrons. The number of para-hydroxylation sites is 1. The van der Waals surface area contributed by atoms with Gasteiger partial charge in [0.15, 0.2) is 0 Å². The molecule has 0 atom stereocenters. The number of ether oxygens (including phenoxy) is 1. The van der Waals surface area contributed by atoms with Gasteiger partial charge in [0.1, 0.15) is 5.75 Å². The van der Waals surface area contributed by atoms with Gasteiger partial charge in [0.05, 0.1) is 7.11 Å². The summed E-state index contributed by atoms with van der Waals surface area (Å²) in [6.07, 6.45) is 4.51. The largest absolute Gasteiger partial charge is 0.497 e. The minimum atomic E-state index is 0.153. The van der Waals surface area contributed by atoms with Crippen LogP contribution in [0.3, 0.4) is 0 Å². The van der Waals surface area contributed by atoms with E-state index in [1.807, 2.05) is 18.2 Å². The maximum Gasteiger partial charge on any atom is 0.220 e. The van der Waals surface area contributed by atoms with Crippen LogP contribution in [0.25, 0.3) is 22.2 Å². The van der Waals surface area contributed by atoms with E-state index >= 15 is 0 Å². The molecule has 1 aliphatic heterocycles. The van der Waals surface area contributed by atoms with Crippen LogP contribution in [-0.4, -0.2) is 48.6 Å². The second kappa shape index (κ2) is 10.0. The fraction of sp³-hybridized carbons (Fsp3) is 0.423. The smallest absolute Gasteiger partial charge is 0.220 e. The highest BCUT2D eigenvalue weighted by Gasteiger charge is 2.21. The molecule has 0 aliphatic carbocycles. The summed E-state index contributed by atoms with van der Waals surface area (Å²) in [4.78, 5) is 18.8. The average Bonchev–Trinajstić information content (AvgIpc) is 3.18. The van der Waals surface area contributed by atoms with Crippen molar-refractivity contribution in [3.8, 4) is 17.0 Å². The fourth-order valence-corrected chi connectivity index (χ4v) is 4.62. The Labute approximate surface area is 184 Å². The Kier molecular flexibility index (Phi) is 6.92. The normalized spacial score (nSPS) is 15.3. The lowest BCUT2D eigenvalue weighted by molar-refractivity contribution is -0.122. The van der Waals surface area contributed by atoms with Crippen molar-refractivity contribution in [3.63, 3.8) is 0 Å². The number of methoxy groups -OCH3 is 1. The Balaban J connectivity index is 1.44. The van der Waals surface area contributed by atoms with Crippen LogP contribution in [-0.2, 0) is 11.2 Å². The molecule has 1 amide bonds. The van der Waals surface area contributed by atoms with Gasteiger partial charge in [0.25, 0.3) is 0 Å². The molecule has 1 fully saturated rings. The number of aromatic amines is 1. The van der Waals surface area contributed by atoms with Crippen molar-refractivity contribution in [1.82, 2.24) is 15.2 Å². The first-order valence-electron chi connectivity index (χ1n) is 11.4. The summed E-state index contributed by atoms with van der Waals surface area (Å²) < 4.78 is 5.30. The summed E-state index contributed by atoms with van der Waals surface area (Å²) in [5.41, 5.74) is 4.50. The number of piperidine rings is 1. The molecule has 0 radical (unpaired) electrons. The van der Waals surface area contributed by atoms with Crippen LogP contribution in [0.5, 0.6) is 5.75 Å². The Hall–Kier alpha value is -2.79. The van der Waals surface area contributed by atoms with Crippen molar-refractivity contribution in [2.24, 2.45) is 0 Å². The number of nitrogens with one attached hydrogen (secondary N) is 2. The van der Waals surface area contributed by atoms with Gasteiger partial charge in [-0.3, -0.25) is 4.79 Å². The highest BCUT2D eigenvalue weighted by molar-refractivity contribution is 5.91. The number of aryl methyl sites for hydroxylation is 1. The first-order valence-corrected chi connectivity index (χ1v) is 11.4. The quantitative estimate of drug-likeness (QED) is 0.553. The zero-order valence-corrected chi connectivity index (χ0v) is 18.6. The third kappa shape index (κ3) is 5.10. The van der Waals surface area contributed by atoms with Crippen molar-refractivity contribution in [2.45, 2.75) is 45.1 Å². The number of H-pyrrole nitrogens is 1. The van der Waals surface area contributed by atoms with Crippen LogP contribution in [0.15, 0.2) is 48.5 Å². The van der Waals surface area contributed by atoms with Crippen LogP contribution in [0, 0.1) is 0 Å². The van der Waals surface area contributed by atoms with Gasteiger partial charge >= 0.3 is 0 Å². The van der Waals surface area contributed by atoms with Gasteiger partial charge in [0, 0.05) is 42.1 Å². The molecular formula is C26H33N3O2. The van der Waals surface area contributed by atoms with Crippen molar-refractivity contribution >= 4 is 16.8 Å². The number of aromatic nitrogens is 1. The fourth-order valence-electron chi connectivity index (χ4n) is 4.62. The van der Waals surface area contributed by atoms with E-state index in [0.717, 1.165) is 55.0 Å². The lowest BCUT2D eigenvalue weighted by Crippen LogP contribution is -2.44. The molecule has 1 saturated heterocycles. The molecule has 5 nitrogen and oxygen atoms in total. The predicted molar refractivity (Wildman–Crippen MR) is 127 cm³/mol. The Morgan fingerprint density at radius 1 is 1.13 bits per heavy atom. The molecule has 2 N–H and O–H groups in total. The predicted octanol–water partition coefficient (Wildman–Crippen LogP) is 4.77. The van der Waals surface area contributed by atoms with Gasteiger partial charge in [-0.25, -0.2) is 0 Å². The third-order valence-electron chi connectivity index (χ3n) is 6.29. The van der Waals surface area contributed by atoms with Gasteiger partial charge in [-0.05, 0) is 73.7 Å². The molecule has 1 aromatic heterocycles. The maximum absolute atomic E-state index is 12.7. The van der Waals surface area contributed by atoms with Gasteiger partial charge in [-0.15, -0.1) is 0 Å². The van der Waals surface area contributed by atoms with Gasteiger partial charge in [0.2, 0.25) is 5.91 Å². The molecule has 1 aliphatic rings. The van der Waals surface area contributed by atoms with E-state index in [2.05, 4.69) is 52.5 Å². The Morgan fingerprint density at radius 3 is 2.58 bits per heavy atom. The molecule has 3 aromatic rings. The minimum absolute atomic E-state index is 0.153. The summed E-state index contributed by atoms with van der Waals surface area (Å²) in [5.74, 6) is 0.991. The van der Waals surface area contributed by atoms with Gasteiger partial charge < -0.3 is 19.9 Å². The molecule has 0 saturated carbocycles. The molecule has 2 aromatic carbocycles. The number of fused-ring (bicyclic) bond motifs is 1. The van der Waals surface area contributed by atoms with Crippen LogP contribution < -0.4 is 10.1 Å². The number of benzene rings is 2. The van der Waals surface area contributed by atoms with Crippen LogP contribution >= 0.6 is 0 Å². The highest BCUT2D eigenvalue weighted by Crippen LogP contribution is 2.32. The van der Waals surface area contributed by atoms with E-state index in [4.69, 9.17) is 4.74 Å². The topological polar surface area (TPSA) is 57.4 Å². The standard InChI is InChI=1S/C26H33N3O2/c1-3-16-29-17-14-20(15-18-29)27-25(30)13-12-23-22-6-4-5-7-24(22)28-26(23)19-8-10-21(31-2)11-9-19/h4-11,20,28H,3,12-18H2,1-2H3,(H,27,30). The number of carbonyl (C=O) groups is 1. The van der Waals surface area contributed by atoms with Crippen molar-refractivity contribution in [1.29, 1.82) is 0 Å². The third-order valence-corrected chi connectivity index (χ3v) is 6.29. The first-order chi connectivity index (χ1) is 15.2. The highest BCUT2D eigenvalue weighted by atomic mass is 16.5. The summed E-state index contributed by atoms with van der Waals surface area (Å²) in [6, 6.07) is 16.7. The summed E-state index contributed by atoms with van der Waals surface area (Å²) in [5, 5.41) is 4.46. The average molecular weight is 420 g/mol. The molecule has 0 bridgehead atoms. The van der Waals surface area contributed by atoms with Crippen molar-refractivity contribution < 1.29 is 9.53 Å². The van der Waals surface area contributed by atoms with Crippen LogP contribution in [0.4, 0.5) is 0 Å². The summed E-state index contributed by atoms with van der Waals surface area (Å²) >= 11 is 0. The molecule has 5 heteroatoms. The minimum Gasteiger partial charge on any atom is -0.497 e. The number of hydrogen-bond acceptors (Lipinski definition) is 3. The Bertz CT molecular complexity index is 1000. The second-order valence-electron chi connectivity index (χ2n) is 8.44. The molecular weight excluding hydrogens is 386 g/mol. The second-order valence-corrected chi connectivity index (χ2v) is 8.44. The van der Waals surface area contributed by atoms with E-state index in [1.54, 1.807) is 7.11 Å². The molecule has 0 unspecified atom stereocenters. The lowest BCUT2D eigenvalue weighted by atomic mass is 10.00. The van der Waals surface area contributed by atoms with Crippen molar-refractivity contribution in [2.75, 3.05) is 26.7 Å². The maximum atomic E-state index is 12.7. The molecule has 31 heavy (non-hydrogen) atoms.